The number of carbonyl (C=O) groups excluding carboxylic acids is 1. The number of hydrogen-bond acceptors (Lipinski definition) is 2. The van der Waals surface area contributed by atoms with Gasteiger partial charge >= 0.3 is 0 Å². The minimum Gasteiger partial charge on any atom is -0.393 e. The van der Waals surface area contributed by atoms with Crippen LogP contribution in [0.5, 0.6) is 0 Å². The maximum Gasteiger partial charge on any atom is 0.251 e. The van der Waals surface area contributed by atoms with Crippen molar-refractivity contribution in [3.63, 3.8) is 0 Å². The van der Waals surface area contributed by atoms with Crippen molar-refractivity contribution in [2.24, 2.45) is 5.73 Å². The molecule has 0 atom stereocenters. The molecule has 3 N–H and O–H groups in total. The number of carbonyl (C=O) groups is 1. The molecule has 1 rings (SSSR count). The second-order valence-electron chi connectivity index (χ2n) is 3.23. The van der Waals surface area contributed by atoms with E-state index in [0.717, 1.165) is 0 Å². The Morgan fingerprint density at radius 2 is 1.82 bits per heavy atom. The van der Waals surface area contributed by atoms with Crippen LogP contribution in [0.2, 0.25) is 0 Å². The lowest BCUT2D eigenvalue weighted by atomic mass is 10.2. The number of nitrogens with two attached hydrogens (primary N) is 1. The van der Waals surface area contributed by atoms with Crippen LogP contribution in [0.4, 0.5) is 13.2 Å². The Kier molecular flexibility index (Phi) is 4.45. The molecule has 0 aliphatic heterocycles. The van der Waals surface area contributed by atoms with Crippen molar-refractivity contribution in [1.82, 2.24) is 5.32 Å². The molecule has 17 heavy (non-hydrogen) atoms. The molecule has 0 heterocycles. The zero-order valence-corrected chi connectivity index (χ0v) is 9.41. The van der Waals surface area contributed by atoms with E-state index in [2.05, 4.69) is 17.5 Å². The van der Waals surface area contributed by atoms with Gasteiger partial charge < -0.3 is 11.1 Å². The topological polar surface area (TPSA) is 55.1 Å². The van der Waals surface area contributed by atoms with Gasteiger partial charge in [0.1, 0.15) is 0 Å². The Morgan fingerprint density at radius 1 is 1.29 bits per heavy atom. The van der Waals surface area contributed by atoms with Crippen molar-refractivity contribution in [2.75, 3.05) is 6.54 Å². The van der Waals surface area contributed by atoms with E-state index in [1.54, 1.807) is 0 Å². The normalized spacial score (nSPS) is 10.1. The lowest BCUT2D eigenvalue weighted by molar-refractivity contribution is 0.0953. The van der Waals surface area contributed by atoms with Crippen LogP contribution in [0.15, 0.2) is 12.1 Å². The first kappa shape index (κ1) is 13.4. The SMILES string of the molecule is NC(=S)CCNC(=O)c1cc(F)c(F)c(F)c1. The second kappa shape index (κ2) is 5.62. The highest BCUT2D eigenvalue weighted by Gasteiger charge is 2.14. The lowest BCUT2D eigenvalue weighted by Crippen LogP contribution is -2.27. The van der Waals surface area contributed by atoms with Crippen LogP contribution in [0.25, 0.3) is 0 Å². The number of hydrogen-bond donors (Lipinski definition) is 2. The summed E-state index contributed by atoms with van der Waals surface area (Å²) in [5, 5.41) is 2.34. The van der Waals surface area contributed by atoms with Crippen LogP contribution >= 0.6 is 12.2 Å². The largest absolute Gasteiger partial charge is 0.393 e. The van der Waals surface area contributed by atoms with E-state index in [9.17, 15) is 18.0 Å². The van der Waals surface area contributed by atoms with Gasteiger partial charge in [-0.25, -0.2) is 13.2 Å². The summed E-state index contributed by atoms with van der Waals surface area (Å²) in [6.45, 7) is 0.148. The van der Waals surface area contributed by atoms with Gasteiger partial charge in [-0.05, 0) is 12.1 Å². The Morgan fingerprint density at radius 3 is 2.29 bits per heavy atom. The third kappa shape index (κ3) is 3.70. The molecule has 0 aromatic heterocycles. The number of rotatable bonds is 4. The third-order valence-corrected chi connectivity index (χ3v) is 2.11. The Labute approximate surface area is 101 Å². The molecular weight excluding hydrogens is 253 g/mol. The summed E-state index contributed by atoms with van der Waals surface area (Å²) < 4.78 is 38.2. The molecule has 0 aliphatic rings. The van der Waals surface area contributed by atoms with Gasteiger partial charge in [-0.3, -0.25) is 4.79 Å². The van der Waals surface area contributed by atoms with E-state index < -0.39 is 23.4 Å². The Hall–Kier alpha value is -1.63. The Bertz CT molecular complexity index is 442. The van der Waals surface area contributed by atoms with Crippen molar-refractivity contribution in [3.05, 3.63) is 35.1 Å². The lowest BCUT2D eigenvalue weighted by Gasteiger charge is -2.05. The minimum atomic E-state index is -1.61. The quantitative estimate of drug-likeness (QED) is 0.639. The number of benzene rings is 1. The predicted octanol–water partition coefficient (Wildman–Crippen LogP) is 1.51. The maximum atomic E-state index is 12.8. The Balaban J connectivity index is 2.73. The van der Waals surface area contributed by atoms with Gasteiger partial charge in [0, 0.05) is 18.5 Å². The average Bonchev–Trinajstić information content (AvgIpc) is 2.24. The van der Waals surface area contributed by atoms with E-state index in [0.29, 0.717) is 12.1 Å². The summed E-state index contributed by atoms with van der Waals surface area (Å²) in [4.78, 5) is 11.6. The molecule has 0 saturated carbocycles. The zero-order valence-electron chi connectivity index (χ0n) is 8.60. The molecule has 1 amide bonds. The van der Waals surface area contributed by atoms with Crippen molar-refractivity contribution < 1.29 is 18.0 Å². The summed E-state index contributed by atoms with van der Waals surface area (Å²) >= 11 is 4.58. The van der Waals surface area contributed by atoms with Crippen molar-refractivity contribution in [1.29, 1.82) is 0 Å². The van der Waals surface area contributed by atoms with Crippen LogP contribution in [-0.4, -0.2) is 17.4 Å². The summed E-state index contributed by atoms with van der Waals surface area (Å²) in [5.74, 6) is -5.15. The van der Waals surface area contributed by atoms with Crippen molar-refractivity contribution in [3.8, 4) is 0 Å². The molecule has 0 unspecified atom stereocenters. The van der Waals surface area contributed by atoms with E-state index in [1.165, 1.54) is 0 Å². The first-order chi connectivity index (χ1) is 7.91. The number of nitrogens with one attached hydrogen (secondary N) is 1. The highest BCUT2D eigenvalue weighted by atomic mass is 32.1. The molecule has 7 heteroatoms. The summed E-state index contributed by atoms with van der Waals surface area (Å²) in [7, 11) is 0. The van der Waals surface area contributed by atoms with Gasteiger partial charge in [-0.15, -0.1) is 0 Å². The molecule has 92 valence electrons. The van der Waals surface area contributed by atoms with Crippen LogP contribution in [0, 0.1) is 17.5 Å². The number of thiocarbonyl (C=S) groups is 1. The molecule has 1 aromatic rings. The molecule has 0 aliphatic carbocycles. The first-order valence-corrected chi connectivity index (χ1v) is 5.03. The van der Waals surface area contributed by atoms with Gasteiger partial charge in [0.05, 0.1) is 4.99 Å². The third-order valence-electron chi connectivity index (χ3n) is 1.90. The minimum absolute atomic E-state index is 0.148. The van der Waals surface area contributed by atoms with Gasteiger partial charge in [0.15, 0.2) is 17.5 Å². The van der Waals surface area contributed by atoms with Crippen LogP contribution in [-0.2, 0) is 0 Å². The van der Waals surface area contributed by atoms with Crippen molar-refractivity contribution in [2.45, 2.75) is 6.42 Å². The fourth-order valence-electron chi connectivity index (χ4n) is 1.09. The molecule has 0 fully saturated rings. The van der Waals surface area contributed by atoms with Gasteiger partial charge in [0.2, 0.25) is 0 Å². The van der Waals surface area contributed by atoms with Crippen molar-refractivity contribution >= 4 is 23.1 Å². The second-order valence-corrected chi connectivity index (χ2v) is 3.75. The average molecular weight is 262 g/mol. The molecule has 0 saturated heterocycles. The fraction of sp³-hybridized carbons (Fsp3) is 0.200. The van der Waals surface area contributed by atoms with Gasteiger partial charge in [-0.1, -0.05) is 12.2 Å². The molecule has 0 radical (unpaired) electrons. The smallest absolute Gasteiger partial charge is 0.251 e. The molecule has 1 aromatic carbocycles. The van der Waals surface area contributed by atoms with E-state index in [1.807, 2.05) is 0 Å². The van der Waals surface area contributed by atoms with Crippen LogP contribution in [0.1, 0.15) is 16.8 Å². The number of halogens is 3. The number of amides is 1. The van der Waals surface area contributed by atoms with Gasteiger partial charge in [0.25, 0.3) is 5.91 Å². The van der Waals surface area contributed by atoms with Crippen LogP contribution < -0.4 is 11.1 Å². The van der Waals surface area contributed by atoms with Crippen LogP contribution in [0.3, 0.4) is 0 Å². The molecule has 3 nitrogen and oxygen atoms in total. The fourth-order valence-corrected chi connectivity index (χ4v) is 1.19. The summed E-state index contributed by atoms with van der Waals surface area (Å²) in [6.07, 6.45) is 0.271. The molecule has 0 spiro atoms. The molecule has 0 bridgehead atoms. The van der Waals surface area contributed by atoms with E-state index in [4.69, 9.17) is 5.73 Å². The zero-order chi connectivity index (χ0) is 13.0. The highest BCUT2D eigenvalue weighted by molar-refractivity contribution is 7.80. The predicted molar refractivity (Wildman–Crippen MR) is 60.1 cm³/mol. The maximum absolute atomic E-state index is 12.8. The standard InChI is InChI=1S/C10H9F3N2OS/c11-6-3-5(4-7(12)9(6)13)10(16)15-2-1-8(14)17/h3-4H,1-2H2,(H2,14,17)(H,15,16). The van der Waals surface area contributed by atoms with E-state index in [-0.39, 0.29) is 23.5 Å². The first-order valence-electron chi connectivity index (χ1n) is 4.63. The molecular formula is C10H9F3N2OS. The summed E-state index contributed by atoms with van der Waals surface area (Å²) in [5.41, 5.74) is 4.89. The summed E-state index contributed by atoms with van der Waals surface area (Å²) in [6, 6.07) is 1.24. The van der Waals surface area contributed by atoms with Gasteiger partial charge in [-0.2, -0.15) is 0 Å². The highest BCUT2D eigenvalue weighted by Crippen LogP contribution is 2.13. The van der Waals surface area contributed by atoms with E-state index >= 15 is 0 Å². The monoisotopic (exact) mass is 262 g/mol.